The van der Waals surface area contributed by atoms with Gasteiger partial charge in [-0.1, -0.05) is 18.2 Å². The predicted molar refractivity (Wildman–Crippen MR) is 66.0 cm³/mol. The van der Waals surface area contributed by atoms with E-state index < -0.39 is 0 Å². The number of hydrogen-bond acceptors (Lipinski definition) is 2. The highest BCUT2D eigenvalue weighted by atomic mass is 19.1. The first-order valence-electron chi connectivity index (χ1n) is 6.50. The second-order valence-electron chi connectivity index (χ2n) is 5.30. The smallest absolute Gasteiger partial charge is 0.128 e. The molecule has 2 N–H and O–H groups in total. The lowest BCUT2D eigenvalue weighted by molar-refractivity contribution is 0.150. The van der Waals surface area contributed by atoms with Crippen molar-refractivity contribution in [2.45, 2.75) is 31.3 Å². The van der Waals surface area contributed by atoms with Crippen molar-refractivity contribution in [3.05, 3.63) is 35.6 Å². The van der Waals surface area contributed by atoms with Gasteiger partial charge in [0.1, 0.15) is 5.82 Å². The van der Waals surface area contributed by atoms with Crippen LogP contribution in [0.1, 0.15) is 30.9 Å². The summed E-state index contributed by atoms with van der Waals surface area (Å²) in [4.78, 5) is 2.42. The number of nitrogens with zero attached hydrogens (tertiary/aromatic N) is 1. The standard InChI is InChI=1S/C14H19FN2/c15-13-4-2-1-3-12(13)14(8-16)17-9-10-5-6-11(17)7-10/h1-4,10-11,14H,5-9,16H2. The highest BCUT2D eigenvalue weighted by Gasteiger charge is 2.41. The molecule has 2 fully saturated rings. The topological polar surface area (TPSA) is 29.3 Å². The van der Waals surface area contributed by atoms with Crippen LogP contribution in [0.25, 0.3) is 0 Å². The molecule has 0 spiro atoms. The number of rotatable bonds is 3. The van der Waals surface area contributed by atoms with Crippen molar-refractivity contribution >= 4 is 0 Å². The van der Waals surface area contributed by atoms with E-state index >= 15 is 0 Å². The van der Waals surface area contributed by atoms with Crippen molar-refractivity contribution in [2.24, 2.45) is 11.7 Å². The van der Waals surface area contributed by atoms with E-state index in [4.69, 9.17) is 5.73 Å². The van der Waals surface area contributed by atoms with Gasteiger partial charge in [-0.3, -0.25) is 4.90 Å². The molecule has 17 heavy (non-hydrogen) atoms. The lowest BCUT2D eigenvalue weighted by Crippen LogP contribution is -2.39. The molecule has 2 bridgehead atoms. The third-order valence-corrected chi connectivity index (χ3v) is 4.34. The maximum Gasteiger partial charge on any atom is 0.128 e. The quantitative estimate of drug-likeness (QED) is 0.869. The van der Waals surface area contributed by atoms with E-state index in [2.05, 4.69) is 4.90 Å². The zero-order valence-corrected chi connectivity index (χ0v) is 9.98. The molecule has 3 atom stereocenters. The second kappa shape index (κ2) is 4.39. The highest BCUT2D eigenvalue weighted by Crippen LogP contribution is 2.42. The van der Waals surface area contributed by atoms with E-state index in [9.17, 15) is 4.39 Å². The van der Waals surface area contributed by atoms with Gasteiger partial charge in [-0.15, -0.1) is 0 Å². The molecule has 1 aromatic rings. The molecule has 1 aliphatic heterocycles. The molecule has 0 radical (unpaired) electrons. The Hall–Kier alpha value is -0.930. The first kappa shape index (κ1) is 11.2. The molecule has 0 aromatic heterocycles. The van der Waals surface area contributed by atoms with Crippen LogP contribution in [0.15, 0.2) is 24.3 Å². The van der Waals surface area contributed by atoms with Gasteiger partial charge in [-0.2, -0.15) is 0 Å². The molecule has 2 aliphatic rings. The Morgan fingerprint density at radius 2 is 2.18 bits per heavy atom. The molecular formula is C14H19FN2. The zero-order chi connectivity index (χ0) is 11.8. The normalized spacial score (nSPS) is 29.8. The van der Waals surface area contributed by atoms with Gasteiger partial charge in [0.25, 0.3) is 0 Å². The molecule has 3 heteroatoms. The molecule has 3 unspecified atom stereocenters. The number of fused-ring (bicyclic) bond motifs is 2. The summed E-state index contributed by atoms with van der Waals surface area (Å²) in [5, 5.41) is 0. The molecule has 0 amide bonds. The highest BCUT2D eigenvalue weighted by molar-refractivity contribution is 5.22. The van der Waals surface area contributed by atoms with Gasteiger partial charge >= 0.3 is 0 Å². The third kappa shape index (κ3) is 1.87. The van der Waals surface area contributed by atoms with E-state index in [1.165, 1.54) is 25.3 Å². The van der Waals surface area contributed by atoms with Crippen molar-refractivity contribution in [2.75, 3.05) is 13.1 Å². The average Bonchev–Trinajstić information content (AvgIpc) is 2.95. The Labute approximate surface area is 102 Å². The lowest BCUT2D eigenvalue weighted by Gasteiger charge is -2.34. The van der Waals surface area contributed by atoms with E-state index in [0.717, 1.165) is 18.0 Å². The van der Waals surface area contributed by atoms with Gasteiger partial charge in [0.05, 0.1) is 6.04 Å². The van der Waals surface area contributed by atoms with Gasteiger partial charge in [0.2, 0.25) is 0 Å². The van der Waals surface area contributed by atoms with E-state index in [1.807, 2.05) is 12.1 Å². The van der Waals surface area contributed by atoms with Crippen LogP contribution in [0.4, 0.5) is 4.39 Å². The number of benzene rings is 1. The molecule has 1 saturated heterocycles. The minimum Gasteiger partial charge on any atom is -0.329 e. The van der Waals surface area contributed by atoms with Crippen LogP contribution in [-0.4, -0.2) is 24.0 Å². The zero-order valence-electron chi connectivity index (χ0n) is 9.98. The molecule has 1 aromatic carbocycles. The van der Waals surface area contributed by atoms with Gasteiger partial charge in [-0.25, -0.2) is 4.39 Å². The molecule has 1 aliphatic carbocycles. The number of piperidine rings is 1. The summed E-state index contributed by atoms with van der Waals surface area (Å²) in [6, 6.07) is 7.74. The van der Waals surface area contributed by atoms with Crippen molar-refractivity contribution in [1.29, 1.82) is 0 Å². The van der Waals surface area contributed by atoms with Crippen LogP contribution >= 0.6 is 0 Å². The summed E-state index contributed by atoms with van der Waals surface area (Å²) < 4.78 is 13.8. The average molecular weight is 234 g/mol. The SMILES string of the molecule is NCC(c1ccccc1F)N1CC2CCC1C2. The summed E-state index contributed by atoms with van der Waals surface area (Å²) in [5.74, 6) is 0.701. The largest absolute Gasteiger partial charge is 0.329 e. The fourth-order valence-corrected chi connectivity index (χ4v) is 3.53. The Kier molecular flexibility index (Phi) is 2.89. The van der Waals surface area contributed by atoms with Crippen LogP contribution in [-0.2, 0) is 0 Å². The number of hydrogen-bond donors (Lipinski definition) is 1. The summed E-state index contributed by atoms with van der Waals surface area (Å²) in [6.45, 7) is 1.60. The second-order valence-corrected chi connectivity index (χ2v) is 5.30. The van der Waals surface area contributed by atoms with Crippen LogP contribution in [0, 0.1) is 11.7 Å². The van der Waals surface area contributed by atoms with Gasteiger partial charge in [0.15, 0.2) is 0 Å². The Bertz CT molecular complexity index is 407. The van der Waals surface area contributed by atoms with Crippen molar-refractivity contribution < 1.29 is 4.39 Å². The molecule has 2 nitrogen and oxygen atoms in total. The molecule has 1 heterocycles. The maximum absolute atomic E-state index is 13.8. The Balaban J connectivity index is 1.87. The van der Waals surface area contributed by atoms with Crippen molar-refractivity contribution in [3.8, 4) is 0 Å². The van der Waals surface area contributed by atoms with Gasteiger partial charge < -0.3 is 5.73 Å². The van der Waals surface area contributed by atoms with Gasteiger partial charge in [0, 0.05) is 24.7 Å². The predicted octanol–water partition coefficient (Wildman–Crippen LogP) is 2.31. The molecular weight excluding hydrogens is 215 g/mol. The fourth-order valence-electron chi connectivity index (χ4n) is 3.53. The van der Waals surface area contributed by atoms with Crippen LogP contribution in [0.2, 0.25) is 0 Å². The minimum absolute atomic E-state index is 0.0616. The van der Waals surface area contributed by atoms with Crippen molar-refractivity contribution in [1.82, 2.24) is 4.90 Å². The summed E-state index contributed by atoms with van der Waals surface area (Å²) in [7, 11) is 0. The monoisotopic (exact) mass is 234 g/mol. The molecule has 1 saturated carbocycles. The summed E-state index contributed by atoms with van der Waals surface area (Å²) in [5.41, 5.74) is 6.64. The minimum atomic E-state index is -0.120. The third-order valence-electron chi connectivity index (χ3n) is 4.34. The van der Waals surface area contributed by atoms with Crippen LogP contribution < -0.4 is 5.73 Å². The van der Waals surface area contributed by atoms with Crippen LogP contribution in [0.3, 0.4) is 0 Å². The molecule has 3 rings (SSSR count). The van der Waals surface area contributed by atoms with Gasteiger partial charge in [-0.05, 0) is 31.2 Å². The number of nitrogens with two attached hydrogens (primary N) is 1. The van der Waals surface area contributed by atoms with E-state index in [0.29, 0.717) is 12.6 Å². The van der Waals surface area contributed by atoms with E-state index in [-0.39, 0.29) is 11.9 Å². The Morgan fingerprint density at radius 3 is 2.76 bits per heavy atom. The number of likely N-dealkylation sites (tertiary alicyclic amines) is 1. The first-order chi connectivity index (χ1) is 8.29. The fraction of sp³-hybridized carbons (Fsp3) is 0.571. The lowest BCUT2D eigenvalue weighted by atomic mass is 10.0. The summed E-state index contributed by atoms with van der Waals surface area (Å²) in [6.07, 6.45) is 3.89. The van der Waals surface area contributed by atoms with E-state index in [1.54, 1.807) is 6.07 Å². The maximum atomic E-state index is 13.8. The van der Waals surface area contributed by atoms with Crippen LogP contribution in [0.5, 0.6) is 0 Å². The number of halogens is 1. The summed E-state index contributed by atoms with van der Waals surface area (Å²) >= 11 is 0. The van der Waals surface area contributed by atoms with Crippen molar-refractivity contribution in [3.63, 3.8) is 0 Å². The molecule has 92 valence electrons. The Morgan fingerprint density at radius 1 is 1.35 bits per heavy atom. The first-order valence-corrected chi connectivity index (χ1v) is 6.50.